The van der Waals surface area contributed by atoms with Crippen LogP contribution in [-0.2, 0) is 11.3 Å². The van der Waals surface area contributed by atoms with Gasteiger partial charge in [-0.1, -0.05) is 0 Å². The van der Waals surface area contributed by atoms with Gasteiger partial charge in [-0.3, -0.25) is 9.79 Å². The van der Waals surface area contributed by atoms with Gasteiger partial charge in [-0.2, -0.15) is 0 Å². The number of guanidine groups is 1. The topological polar surface area (TPSA) is 84.0 Å². The highest BCUT2D eigenvalue weighted by Gasteiger charge is 2.22. The molecule has 0 heterocycles. The number of benzene rings is 1. The zero-order valence-corrected chi connectivity index (χ0v) is 18.0. The van der Waals surface area contributed by atoms with Crippen molar-refractivity contribution in [2.45, 2.75) is 38.3 Å². The molecule has 1 aliphatic carbocycles. The normalized spacial score (nSPS) is 13.4. The largest absolute Gasteiger partial charge is 0.497 e. The van der Waals surface area contributed by atoms with Crippen LogP contribution in [0.5, 0.6) is 11.5 Å². The maximum atomic E-state index is 11.6. The molecule has 3 N–H and O–H groups in total. The molecule has 0 saturated heterocycles. The lowest BCUT2D eigenvalue weighted by Crippen LogP contribution is -2.37. The minimum absolute atomic E-state index is 0. The van der Waals surface area contributed by atoms with E-state index in [4.69, 9.17) is 9.47 Å². The molecule has 1 saturated carbocycles. The zero-order chi connectivity index (χ0) is 18.1. The number of carbonyl (C=O) groups excluding carboxylic acids is 1. The first kappa shape index (κ1) is 22.3. The maximum Gasteiger partial charge on any atom is 0.220 e. The van der Waals surface area contributed by atoms with Gasteiger partial charge in [-0.25, -0.2) is 0 Å². The van der Waals surface area contributed by atoms with Gasteiger partial charge < -0.3 is 25.4 Å². The predicted octanol–water partition coefficient (Wildman–Crippen LogP) is 2.05. The van der Waals surface area contributed by atoms with E-state index in [1.165, 1.54) is 0 Å². The van der Waals surface area contributed by atoms with Crippen molar-refractivity contribution in [1.29, 1.82) is 0 Å². The average molecular weight is 476 g/mol. The molecule has 0 bridgehead atoms. The highest BCUT2D eigenvalue weighted by Crippen LogP contribution is 2.24. The number of halogens is 1. The van der Waals surface area contributed by atoms with E-state index >= 15 is 0 Å². The van der Waals surface area contributed by atoms with Gasteiger partial charge in [0.05, 0.1) is 14.2 Å². The monoisotopic (exact) mass is 476 g/mol. The van der Waals surface area contributed by atoms with Crippen molar-refractivity contribution in [1.82, 2.24) is 16.0 Å². The Kier molecular flexibility index (Phi) is 10.2. The molecule has 1 aromatic carbocycles. The quantitative estimate of drug-likeness (QED) is 0.220. The molecule has 146 valence electrons. The predicted molar refractivity (Wildman–Crippen MR) is 114 cm³/mol. The first-order valence-corrected chi connectivity index (χ1v) is 8.61. The van der Waals surface area contributed by atoms with Crippen molar-refractivity contribution >= 4 is 35.8 Å². The van der Waals surface area contributed by atoms with Gasteiger partial charge in [0.15, 0.2) is 5.96 Å². The van der Waals surface area contributed by atoms with Crippen LogP contribution in [0.25, 0.3) is 0 Å². The molecule has 0 spiro atoms. The number of hydrogen-bond donors (Lipinski definition) is 3. The van der Waals surface area contributed by atoms with Crippen LogP contribution in [0, 0.1) is 0 Å². The Morgan fingerprint density at radius 3 is 2.62 bits per heavy atom. The van der Waals surface area contributed by atoms with E-state index in [0.717, 1.165) is 36.3 Å². The van der Waals surface area contributed by atoms with E-state index in [-0.39, 0.29) is 29.9 Å². The lowest BCUT2D eigenvalue weighted by atomic mass is 10.2. The van der Waals surface area contributed by atoms with Crippen LogP contribution < -0.4 is 25.4 Å². The van der Waals surface area contributed by atoms with Crippen LogP contribution >= 0.6 is 24.0 Å². The van der Waals surface area contributed by atoms with Gasteiger partial charge in [-0.15, -0.1) is 24.0 Å². The number of ether oxygens (including phenoxy) is 2. The first-order valence-electron chi connectivity index (χ1n) is 8.61. The molecule has 0 aliphatic heterocycles. The van der Waals surface area contributed by atoms with Gasteiger partial charge in [0.1, 0.15) is 11.5 Å². The summed E-state index contributed by atoms with van der Waals surface area (Å²) in [5.74, 6) is 2.35. The Morgan fingerprint density at radius 1 is 1.23 bits per heavy atom. The van der Waals surface area contributed by atoms with Gasteiger partial charge in [-0.05, 0) is 31.4 Å². The summed E-state index contributed by atoms with van der Waals surface area (Å²) in [5.41, 5.74) is 1.01. The van der Waals surface area contributed by atoms with Crippen molar-refractivity contribution in [2.24, 2.45) is 4.99 Å². The maximum absolute atomic E-state index is 11.6. The summed E-state index contributed by atoms with van der Waals surface area (Å²) in [7, 11) is 4.99. The number of amides is 1. The van der Waals surface area contributed by atoms with Crippen LogP contribution in [0.4, 0.5) is 0 Å². The Bertz CT molecular complexity index is 606. The molecule has 1 aliphatic rings. The standard InChI is InChI=1S/C18H28N4O3.HI/c1-19-18(20-10-4-5-17(23)22-14-7-8-14)21-12-13-6-9-15(24-2)11-16(13)25-3;/h6,9,11,14H,4-5,7-8,10,12H2,1-3H3,(H,22,23)(H2,19,20,21);1H. The number of hydrogen-bond acceptors (Lipinski definition) is 4. The van der Waals surface area contributed by atoms with Gasteiger partial charge in [0.25, 0.3) is 0 Å². The van der Waals surface area contributed by atoms with E-state index in [1.54, 1.807) is 21.3 Å². The molecule has 0 radical (unpaired) electrons. The van der Waals surface area contributed by atoms with E-state index in [9.17, 15) is 4.79 Å². The highest BCUT2D eigenvalue weighted by molar-refractivity contribution is 14.0. The fraction of sp³-hybridized carbons (Fsp3) is 0.556. The molecular formula is C18H29IN4O3. The van der Waals surface area contributed by atoms with Crippen molar-refractivity contribution in [3.8, 4) is 11.5 Å². The third-order valence-corrected chi connectivity index (χ3v) is 3.98. The Labute approximate surface area is 172 Å². The summed E-state index contributed by atoms with van der Waals surface area (Å²) < 4.78 is 10.6. The summed E-state index contributed by atoms with van der Waals surface area (Å²) >= 11 is 0. The van der Waals surface area contributed by atoms with Crippen LogP contribution in [0.3, 0.4) is 0 Å². The summed E-state index contributed by atoms with van der Waals surface area (Å²) in [4.78, 5) is 15.8. The van der Waals surface area contributed by atoms with Gasteiger partial charge in [0, 0.05) is 44.2 Å². The number of rotatable bonds is 9. The summed E-state index contributed by atoms with van der Waals surface area (Å²) in [6.45, 7) is 1.27. The number of nitrogens with zero attached hydrogens (tertiary/aromatic N) is 1. The minimum atomic E-state index is 0. The fourth-order valence-corrected chi connectivity index (χ4v) is 2.38. The molecular weight excluding hydrogens is 447 g/mol. The van der Waals surface area contributed by atoms with E-state index in [2.05, 4.69) is 20.9 Å². The molecule has 7 nitrogen and oxygen atoms in total. The van der Waals surface area contributed by atoms with Crippen LogP contribution in [0.1, 0.15) is 31.2 Å². The third-order valence-electron chi connectivity index (χ3n) is 3.98. The summed E-state index contributed by atoms with van der Waals surface area (Å²) in [6.07, 6.45) is 3.54. The molecule has 0 atom stereocenters. The minimum Gasteiger partial charge on any atom is -0.497 e. The molecule has 8 heteroatoms. The molecule has 1 aromatic rings. The van der Waals surface area contributed by atoms with Crippen LogP contribution in [0.15, 0.2) is 23.2 Å². The Morgan fingerprint density at radius 2 is 2.00 bits per heavy atom. The fourth-order valence-electron chi connectivity index (χ4n) is 2.38. The third kappa shape index (κ3) is 7.67. The molecule has 1 fully saturated rings. The van der Waals surface area contributed by atoms with Crippen LogP contribution in [0.2, 0.25) is 0 Å². The highest BCUT2D eigenvalue weighted by atomic mass is 127. The number of aliphatic imine (C=N–C) groups is 1. The number of nitrogens with one attached hydrogen (secondary N) is 3. The van der Waals surface area contributed by atoms with Gasteiger partial charge in [0.2, 0.25) is 5.91 Å². The SMILES string of the molecule is CN=C(NCCCC(=O)NC1CC1)NCc1ccc(OC)cc1OC.I. The van der Waals surface area contributed by atoms with Crippen molar-refractivity contribution in [2.75, 3.05) is 27.8 Å². The van der Waals surface area contributed by atoms with E-state index in [1.807, 2.05) is 18.2 Å². The molecule has 2 rings (SSSR count). The summed E-state index contributed by atoms with van der Waals surface area (Å²) in [6, 6.07) is 6.13. The van der Waals surface area contributed by atoms with Crippen molar-refractivity contribution in [3.05, 3.63) is 23.8 Å². The second kappa shape index (κ2) is 11.8. The zero-order valence-electron chi connectivity index (χ0n) is 15.6. The lowest BCUT2D eigenvalue weighted by molar-refractivity contribution is -0.121. The molecule has 1 amide bonds. The second-order valence-electron chi connectivity index (χ2n) is 5.98. The van der Waals surface area contributed by atoms with Gasteiger partial charge >= 0.3 is 0 Å². The summed E-state index contributed by atoms with van der Waals surface area (Å²) in [5, 5.41) is 9.45. The van der Waals surface area contributed by atoms with Crippen molar-refractivity contribution < 1.29 is 14.3 Å². The first-order chi connectivity index (χ1) is 12.2. The number of carbonyl (C=O) groups is 1. The Balaban J connectivity index is 0.00000338. The second-order valence-corrected chi connectivity index (χ2v) is 5.98. The average Bonchev–Trinajstić information content (AvgIpc) is 3.44. The van der Waals surface area contributed by atoms with Crippen molar-refractivity contribution in [3.63, 3.8) is 0 Å². The van der Waals surface area contributed by atoms with Crippen LogP contribution in [-0.4, -0.2) is 45.7 Å². The smallest absolute Gasteiger partial charge is 0.220 e. The van der Waals surface area contributed by atoms with E-state index in [0.29, 0.717) is 31.5 Å². The molecule has 0 unspecified atom stereocenters. The molecule has 26 heavy (non-hydrogen) atoms. The Hall–Kier alpha value is -1.71. The molecule has 0 aromatic heterocycles. The lowest BCUT2D eigenvalue weighted by Gasteiger charge is -2.14. The number of methoxy groups -OCH3 is 2. The van der Waals surface area contributed by atoms with E-state index < -0.39 is 0 Å².